The molecule has 0 saturated heterocycles. The SMILES string of the molecule is C=C[C@]1(C)C=C2CC[C@@H]3C(C)(C)C(=O)CC[C@@]3(C)[C@@H]2CC1=O. The maximum absolute atomic E-state index is 12.7. The summed E-state index contributed by atoms with van der Waals surface area (Å²) >= 11 is 0. The molecule has 2 saturated carbocycles. The maximum atomic E-state index is 12.7. The van der Waals surface area contributed by atoms with Crippen molar-refractivity contribution in [1.29, 1.82) is 0 Å². The maximum Gasteiger partial charge on any atom is 0.146 e. The molecule has 4 atom stereocenters. The molecule has 22 heavy (non-hydrogen) atoms. The van der Waals surface area contributed by atoms with Crippen LogP contribution in [-0.2, 0) is 9.59 Å². The van der Waals surface area contributed by atoms with Gasteiger partial charge in [0.05, 0.1) is 5.41 Å². The summed E-state index contributed by atoms with van der Waals surface area (Å²) in [5.41, 5.74) is 0.779. The molecule has 0 aromatic carbocycles. The van der Waals surface area contributed by atoms with E-state index in [1.54, 1.807) is 6.08 Å². The Morgan fingerprint density at radius 3 is 2.45 bits per heavy atom. The van der Waals surface area contributed by atoms with Gasteiger partial charge in [0.1, 0.15) is 11.6 Å². The van der Waals surface area contributed by atoms with E-state index in [-0.39, 0.29) is 16.6 Å². The number of hydrogen-bond acceptors (Lipinski definition) is 2. The molecule has 0 spiro atoms. The van der Waals surface area contributed by atoms with Crippen LogP contribution in [-0.4, -0.2) is 11.6 Å². The number of hydrogen-bond donors (Lipinski definition) is 0. The Bertz CT molecular complexity index is 583. The standard InChI is InChI=1S/C20H28O2/c1-6-19(4)12-13-7-8-15-18(2,3)16(21)9-10-20(15,5)14(13)11-17(19)22/h6,12,14-15H,1,7-11H2,2-5H3/t14-,15-,19-,20+/m1/s1. The van der Waals surface area contributed by atoms with Gasteiger partial charge in [0, 0.05) is 18.3 Å². The lowest BCUT2D eigenvalue weighted by Crippen LogP contribution is -2.55. The van der Waals surface area contributed by atoms with Gasteiger partial charge < -0.3 is 0 Å². The van der Waals surface area contributed by atoms with E-state index in [9.17, 15) is 9.59 Å². The number of Topliss-reactive ketones (excluding diaryl/α,β-unsaturated/α-hetero) is 2. The van der Waals surface area contributed by atoms with Crippen molar-refractivity contribution >= 4 is 11.6 Å². The highest BCUT2D eigenvalue weighted by Crippen LogP contribution is 2.62. The van der Waals surface area contributed by atoms with Gasteiger partial charge in [-0.05, 0) is 43.4 Å². The molecule has 0 radical (unpaired) electrons. The lowest BCUT2D eigenvalue weighted by molar-refractivity contribution is -0.146. The Morgan fingerprint density at radius 2 is 1.82 bits per heavy atom. The predicted octanol–water partition coefficient (Wildman–Crippen LogP) is 4.50. The van der Waals surface area contributed by atoms with Crippen molar-refractivity contribution in [2.75, 3.05) is 0 Å². The molecule has 0 aromatic rings. The highest BCUT2D eigenvalue weighted by atomic mass is 16.1. The van der Waals surface area contributed by atoms with Crippen molar-refractivity contribution in [3.05, 3.63) is 24.3 Å². The van der Waals surface area contributed by atoms with Crippen LogP contribution in [0.4, 0.5) is 0 Å². The van der Waals surface area contributed by atoms with Crippen LogP contribution in [0.1, 0.15) is 59.8 Å². The fraction of sp³-hybridized carbons (Fsp3) is 0.700. The summed E-state index contributed by atoms with van der Waals surface area (Å²) < 4.78 is 0. The molecule has 3 aliphatic rings. The molecule has 0 bridgehead atoms. The number of carbonyl (C=O) groups is 2. The van der Waals surface area contributed by atoms with Gasteiger partial charge in [0.2, 0.25) is 0 Å². The first kappa shape index (κ1) is 15.7. The smallest absolute Gasteiger partial charge is 0.146 e. The summed E-state index contributed by atoms with van der Waals surface area (Å²) in [6.45, 7) is 12.4. The van der Waals surface area contributed by atoms with E-state index in [1.165, 1.54) is 5.57 Å². The van der Waals surface area contributed by atoms with Gasteiger partial charge in [-0.25, -0.2) is 0 Å². The predicted molar refractivity (Wildman–Crippen MR) is 88.4 cm³/mol. The quantitative estimate of drug-likeness (QED) is 0.668. The van der Waals surface area contributed by atoms with E-state index in [0.29, 0.717) is 30.5 Å². The van der Waals surface area contributed by atoms with Crippen LogP contribution < -0.4 is 0 Å². The zero-order chi connectivity index (χ0) is 16.3. The fourth-order valence-corrected chi connectivity index (χ4v) is 5.50. The van der Waals surface area contributed by atoms with Crippen molar-refractivity contribution in [2.24, 2.45) is 28.1 Å². The normalized spacial score (nSPS) is 43.9. The van der Waals surface area contributed by atoms with Crippen LogP contribution in [0.5, 0.6) is 0 Å². The van der Waals surface area contributed by atoms with Crippen LogP contribution in [0, 0.1) is 28.1 Å². The van der Waals surface area contributed by atoms with E-state index in [2.05, 4.69) is 33.4 Å². The topological polar surface area (TPSA) is 34.1 Å². The van der Waals surface area contributed by atoms with E-state index >= 15 is 0 Å². The van der Waals surface area contributed by atoms with E-state index < -0.39 is 5.41 Å². The molecular weight excluding hydrogens is 272 g/mol. The van der Waals surface area contributed by atoms with Crippen LogP contribution in [0.3, 0.4) is 0 Å². The third-order valence-corrected chi connectivity index (χ3v) is 7.14. The molecule has 2 nitrogen and oxygen atoms in total. The van der Waals surface area contributed by atoms with Gasteiger partial charge in [-0.1, -0.05) is 38.5 Å². The van der Waals surface area contributed by atoms with E-state index in [0.717, 1.165) is 19.3 Å². The summed E-state index contributed by atoms with van der Waals surface area (Å²) in [5, 5.41) is 0. The van der Waals surface area contributed by atoms with Crippen molar-refractivity contribution in [3.8, 4) is 0 Å². The lowest BCUT2D eigenvalue weighted by Gasteiger charge is -2.58. The van der Waals surface area contributed by atoms with Crippen molar-refractivity contribution in [2.45, 2.75) is 59.8 Å². The molecule has 0 unspecified atom stereocenters. The second-order valence-corrected chi connectivity index (χ2v) is 8.63. The summed E-state index contributed by atoms with van der Waals surface area (Å²) in [6.07, 6.45) is 8.28. The van der Waals surface area contributed by atoms with Crippen molar-refractivity contribution in [3.63, 3.8) is 0 Å². The number of carbonyl (C=O) groups excluding carboxylic acids is 2. The second kappa shape index (κ2) is 4.66. The van der Waals surface area contributed by atoms with Gasteiger partial charge in [-0.3, -0.25) is 9.59 Å². The molecule has 120 valence electrons. The minimum absolute atomic E-state index is 0.0830. The molecule has 2 heteroatoms. The first-order valence-electron chi connectivity index (χ1n) is 8.57. The van der Waals surface area contributed by atoms with Gasteiger partial charge in [-0.15, -0.1) is 6.58 Å². The van der Waals surface area contributed by atoms with Crippen molar-refractivity contribution < 1.29 is 9.59 Å². The Labute approximate surface area is 134 Å². The van der Waals surface area contributed by atoms with Gasteiger partial charge in [0.25, 0.3) is 0 Å². The molecule has 0 aromatic heterocycles. The largest absolute Gasteiger partial charge is 0.299 e. The summed E-state index contributed by atoms with van der Waals surface area (Å²) in [6, 6.07) is 0. The number of fused-ring (bicyclic) bond motifs is 3. The fourth-order valence-electron chi connectivity index (χ4n) is 5.50. The van der Waals surface area contributed by atoms with Gasteiger partial charge >= 0.3 is 0 Å². The molecule has 2 fully saturated rings. The van der Waals surface area contributed by atoms with Crippen molar-refractivity contribution in [1.82, 2.24) is 0 Å². The first-order valence-corrected chi connectivity index (χ1v) is 8.57. The summed E-state index contributed by atoms with van der Waals surface area (Å²) in [4.78, 5) is 25.1. The van der Waals surface area contributed by atoms with Crippen LogP contribution >= 0.6 is 0 Å². The highest BCUT2D eigenvalue weighted by molar-refractivity contribution is 5.90. The molecule has 0 aliphatic heterocycles. The van der Waals surface area contributed by atoms with Crippen LogP contribution in [0.2, 0.25) is 0 Å². The van der Waals surface area contributed by atoms with Crippen LogP contribution in [0.15, 0.2) is 24.3 Å². The van der Waals surface area contributed by atoms with E-state index in [4.69, 9.17) is 0 Å². The van der Waals surface area contributed by atoms with Crippen LogP contribution in [0.25, 0.3) is 0 Å². The average molecular weight is 300 g/mol. The Hall–Kier alpha value is -1.18. The molecule has 3 aliphatic carbocycles. The molecule has 0 heterocycles. The third kappa shape index (κ3) is 1.92. The molecule has 0 amide bonds. The zero-order valence-electron chi connectivity index (χ0n) is 14.4. The number of rotatable bonds is 1. The summed E-state index contributed by atoms with van der Waals surface area (Å²) in [7, 11) is 0. The van der Waals surface area contributed by atoms with Gasteiger partial charge in [0.15, 0.2) is 0 Å². The second-order valence-electron chi connectivity index (χ2n) is 8.63. The average Bonchev–Trinajstić information content (AvgIpc) is 2.46. The number of allylic oxidation sites excluding steroid dienone is 3. The molecule has 3 rings (SSSR count). The zero-order valence-corrected chi connectivity index (χ0v) is 14.4. The first-order chi connectivity index (χ1) is 10.1. The Kier molecular flexibility index (Phi) is 3.33. The van der Waals surface area contributed by atoms with Gasteiger partial charge in [-0.2, -0.15) is 0 Å². The lowest BCUT2D eigenvalue weighted by atomic mass is 9.45. The Balaban J connectivity index is 2.04. The third-order valence-electron chi connectivity index (χ3n) is 7.14. The Morgan fingerprint density at radius 1 is 1.14 bits per heavy atom. The minimum atomic E-state index is -0.491. The monoisotopic (exact) mass is 300 g/mol. The summed E-state index contributed by atoms with van der Waals surface area (Å²) in [5.74, 6) is 1.40. The number of ketones is 2. The minimum Gasteiger partial charge on any atom is -0.299 e. The van der Waals surface area contributed by atoms with E-state index in [1.807, 2.05) is 6.92 Å². The highest BCUT2D eigenvalue weighted by Gasteiger charge is 2.58. The molecular formula is C20H28O2. The molecule has 0 N–H and O–H groups in total.